The third-order valence-corrected chi connectivity index (χ3v) is 7.42. The molecule has 162 valence electrons. The number of carbonyl (C=O) groups is 1. The zero-order valence-corrected chi connectivity index (χ0v) is 17.7. The highest BCUT2D eigenvalue weighted by atomic mass is 32.2. The zero-order chi connectivity index (χ0) is 22.2. The van der Waals surface area contributed by atoms with Gasteiger partial charge in [0.1, 0.15) is 0 Å². The van der Waals surface area contributed by atoms with E-state index in [1.807, 2.05) is 6.92 Å². The third kappa shape index (κ3) is 4.22. The second-order valence-corrected chi connectivity index (χ2v) is 9.52. The number of piperidine rings is 1. The van der Waals surface area contributed by atoms with Crippen LogP contribution in [0.1, 0.15) is 29.5 Å². The summed E-state index contributed by atoms with van der Waals surface area (Å²) in [6, 6.07) is 5.23. The van der Waals surface area contributed by atoms with Gasteiger partial charge >= 0.3 is 0 Å². The number of nitrogens with zero attached hydrogens (tertiary/aromatic N) is 1. The van der Waals surface area contributed by atoms with Gasteiger partial charge in [0.15, 0.2) is 17.5 Å². The number of hydrogen-bond donors (Lipinski definition) is 1. The Morgan fingerprint density at radius 2 is 1.70 bits per heavy atom. The van der Waals surface area contributed by atoms with Gasteiger partial charge in [0.05, 0.1) is 16.5 Å². The summed E-state index contributed by atoms with van der Waals surface area (Å²) in [7, 11) is -3.83. The predicted octanol–water partition coefficient (Wildman–Crippen LogP) is 4.07. The van der Waals surface area contributed by atoms with Crippen molar-refractivity contribution >= 4 is 21.6 Å². The highest BCUT2D eigenvalue weighted by Gasteiger charge is 2.35. The maximum Gasteiger partial charge on any atom is 0.243 e. The molecule has 1 heterocycles. The number of sulfonamides is 1. The van der Waals surface area contributed by atoms with E-state index >= 15 is 0 Å². The molecule has 0 aliphatic carbocycles. The van der Waals surface area contributed by atoms with Gasteiger partial charge in [-0.1, -0.05) is 17.7 Å². The molecule has 1 atom stereocenters. The Labute approximate surface area is 173 Å². The summed E-state index contributed by atoms with van der Waals surface area (Å²) in [5.41, 5.74) is 1.73. The van der Waals surface area contributed by atoms with Crippen LogP contribution in [0.25, 0.3) is 0 Å². The van der Waals surface area contributed by atoms with Gasteiger partial charge in [-0.25, -0.2) is 21.6 Å². The monoisotopic (exact) mass is 440 g/mol. The van der Waals surface area contributed by atoms with Crippen LogP contribution < -0.4 is 5.32 Å². The van der Waals surface area contributed by atoms with Gasteiger partial charge < -0.3 is 5.32 Å². The third-order valence-electron chi connectivity index (χ3n) is 5.25. The molecule has 2 aromatic carbocycles. The van der Waals surface area contributed by atoms with E-state index in [4.69, 9.17) is 0 Å². The molecule has 5 nitrogen and oxygen atoms in total. The summed E-state index contributed by atoms with van der Waals surface area (Å²) in [5, 5.41) is 2.25. The summed E-state index contributed by atoms with van der Waals surface area (Å²) in [4.78, 5) is 12.8. The summed E-state index contributed by atoms with van der Waals surface area (Å²) in [5.74, 6) is -5.91. The molecule has 1 aliphatic rings. The molecule has 0 radical (unpaired) electrons. The van der Waals surface area contributed by atoms with Crippen molar-refractivity contribution < 1.29 is 26.4 Å². The SMILES string of the molecule is Cc1cc(C)c(S(=O)(=O)N2CCC[C@@H](C(=O)Nc3ccc(F)c(F)c3F)C2)c(C)c1. The molecular weight excluding hydrogens is 417 g/mol. The number of hydrogen-bond acceptors (Lipinski definition) is 3. The zero-order valence-electron chi connectivity index (χ0n) is 16.9. The smallest absolute Gasteiger partial charge is 0.243 e. The Morgan fingerprint density at radius 3 is 2.33 bits per heavy atom. The lowest BCUT2D eigenvalue weighted by Gasteiger charge is -2.32. The van der Waals surface area contributed by atoms with Gasteiger partial charge in [-0.15, -0.1) is 0 Å². The van der Waals surface area contributed by atoms with Crippen LogP contribution in [0.15, 0.2) is 29.2 Å². The maximum absolute atomic E-state index is 13.9. The van der Waals surface area contributed by atoms with Crippen molar-refractivity contribution in [2.75, 3.05) is 18.4 Å². The first-order valence-electron chi connectivity index (χ1n) is 9.54. The Kier molecular flexibility index (Phi) is 6.24. The van der Waals surface area contributed by atoms with Crippen molar-refractivity contribution in [3.8, 4) is 0 Å². The molecule has 9 heteroatoms. The minimum absolute atomic E-state index is 0.0772. The van der Waals surface area contributed by atoms with Gasteiger partial charge in [0.25, 0.3) is 0 Å². The van der Waals surface area contributed by atoms with Crippen molar-refractivity contribution in [3.05, 3.63) is 58.4 Å². The van der Waals surface area contributed by atoms with Crippen molar-refractivity contribution in [2.24, 2.45) is 5.92 Å². The Hall–Kier alpha value is -2.39. The van der Waals surface area contributed by atoms with Crippen molar-refractivity contribution in [2.45, 2.75) is 38.5 Å². The first-order chi connectivity index (χ1) is 14.0. The highest BCUT2D eigenvalue weighted by Crippen LogP contribution is 2.29. The Bertz CT molecular complexity index is 1080. The summed E-state index contributed by atoms with van der Waals surface area (Å²) in [6.07, 6.45) is 0.844. The van der Waals surface area contributed by atoms with E-state index in [2.05, 4.69) is 5.32 Å². The minimum atomic E-state index is -3.83. The van der Waals surface area contributed by atoms with E-state index in [0.717, 1.165) is 11.6 Å². The average molecular weight is 440 g/mol. The fourth-order valence-corrected chi connectivity index (χ4v) is 5.87. The lowest BCUT2D eigenvalue weighted by Crippen LogP contribution is -2.44. The van der Waals surface area contributed by atoms with Crippen LogP contribution in [0.5, 0.6) is 0 Å². The first-order valence-corrected chi connectivity index (χ1v) is 11.0. The van der Waals surface area contributed by atoms with Gasteiger partial charge in [0, 0.05) is 13.1 Å². The number of benzene rings is 2. The summed E-state index contributed by atoms with van der Waals surface area (Å²) < 4.78 is 68.1. The Morgan fingerprint density at radius 1 is 1.07 bits per heavy atom. The first kappa shape index (κ1) is 22.3. The molecule has 1 N–H and O–H groups in total. The quantitative estimate of drug-likeness (QED) is 0.729. The van der Waals surface area contributed by atoms with Crippen molar-refractivity contribution in [1.82, 2.24) is 4.31 Å². The molecule has 0 spiro atoms. The van der Waals surface area contributed by atoms with E-state index in [1.165, 1.54) is 4.31 Å². The van der Waals surface area contributed by atoms with E-state index in [0.29, 0.717) is 30.0 Å². The van der Waals surface area contributed by atoms with Gasteiger partial charge in [-0.05, 0) is 56.9 Å². The number of aryl methyl sites for hydroxylation is 3. The molecular formula is C21H23F3N2O3S. The normalized spacial score (nSPS) is 17.7. The minimum Gasteiger partial charge on any atom is -0.323 e. The van der Waals surface area contributed by atoms with Gasteiger partial charge in [0.2, 0.25) is 15.9 Å². The number of halogens is 3. The summed E-state index contributed by atoms with van der Waals surface area (Å²) >= 11 is 0. The van der Waals surface area contributed by atoms with Crippen molar-refractivity contribution in [3.63, 3.8) is 0 Å². The molecule has 30 heavy (non-hydrogen) atoms. The van der Waals surface area contributed by atoms with Gasteiger partial charge in [-0.3, -0.25) is 4.79 Å². The predicted molar refractivity (Wildman–Crippen MR) is 107 cm³/mol. The molecule has 1 aliphatic heterocycles. The van der Waals surface area contributed by atoms with Crippen LogP contribution in [0.3, 0.4) is 0 Å². The molecule has 1 fully saturated rings. The number of amides is 1. The van der Waals surface area contributed by atoms with Crippen molar-refractivity contribution in [1.29, 1.82) is 0 Å². The van der Waals surface area contributed by atoms with Crippen LogP contribution in [0.2, 0.25) is 0 Å². The number of carbonyl (C=O) groups excluding carboxylic acids is 1. The lowest BCUT2D eigenvalue weighted by atomic mass is 9.98. The van der Waals surface area contributed by atoms with E-state index in [-0.39, 0.29) is 18.0 Å². The fraction of sp³-hybridized carbons (Fsp3) is 0.381. The van der Waals surface area contributed by atoms with Crippen LogP contribution in [-0.4, -0.2) is 31.7 Å². The Balaban J connectivity index is 1.82. The van der Waals surface area contributed by atoms with Crippen LogP contribution in [0.4, 0.5) is 18.9 Å². The fourth-order valence-electron chi connectivity index (χ4n) is 3.93. The van der Waals surface area contributed by atoms with E-state index in [9.17, 15) is 26.4 Å². The standard InChI is InChI=1S/C21H23F3N2O3S/c1-12-9-13(2)20(14(3)10-12)30(28,29)26-8-4-5-15(11-26)21(27)25-17-7-6-16(22)18(23)19(17)24/h6-7,9-10,15H,4-5,8,11H2,1-3H3,(H,25,27)/t15-/m1/s1. The average Bonchev–Trinajstić information content (AvgIpc) is 2.67. The van der Waals surface area contributed by atoms with E-state index in [1.54, 1.807) is 26.0 Å². The number of nitrogens with one attached hydrogen (secondary N) is 1. The molecule has 0 unspecified atom stereocenters. The van der Waals surface area contributed by atoms with E-state index < -0.39 is 45.0 Å². The molecule has 2 aromatic rings. The van der Waals surface area contributed by atoms with Crippen LogP contribution in [0, 0.1) is 44.1 Å². The largest absolute Gasteiger partial charge is 0.323 e. The molecule has 0 bridgehead atoms. The van der Waals surface area contributed by atoms with Crippen LogP contribution in [-0.2, 0) is 14.8 Å². The number of rotatable bonds is 4. The number of anilines is 1. The molecule has 1 amide bonds. The maximum atomic E-state index is 13.9. The molecule has 3 rings (SSSR count). The lowest BCUT2D eigenvalue weighted by molar-refractivity contribution is -0.120. The van der Waals surface area contributed by atoms with Gasteiger partial charge in [-0.2, -0.15) is 4.31 Å². The summed E-state index contributed by atoms with van der Waals surface area (Å²) in [6.45, 7) is 5.53. The molecule has 1 saturated heterocycles. The second-order valence-electron chi connectivity index (χ2n) is 7.64. The van der Waals surface area contributed by atoms with Crippen LogP contribution >= 0.6 is 0 Å². The molecule has 0 saturated carbocycles. The topological polar surface area (TPSA) is 66.5 Å². The second kappa shape index (κ2) is 8.39. The highest BCUT2D eigenvalue weighted by molar-refractivity contribution is 7.89. The molecule has 0 aromatic heterocycles.